The molecule has 3 N–H and O–H groups in total. The molecule has 1 saturated carbocycles. The molecule has 186 valence electrons. The largest absolute Gasteiger partial charge is 0.481 e. The van der Waals surface area contributed by atoms with E-state index in [1.165, 1.54) is 0 Å². The first-order valence-corrected chi connectivity index (χ1v) is 12.1. The zero-order valence-corrected chi connectivity index (χ0v) is 20.2. The number of ether oxygens (including phenoxy) is 1. The highest BCUT2D eigenvalue weighted by Gasteiger charge is 2.34. The molecule has 0 radical (unpaired) electrons. The molecule has 2 aromatic rings. The number of hydrogen-bond acceptors (Lipinski definition) is 5. The number of hydrogen-bond donors (Lipinski definition) is 3. The number of carbonyl (C=O) groups excluding carboxylic acids is 2. The Hall–Kier alpha value is -3.39. The molecule has 4 rings (SSSR count). The molecular formula is C27H33N3O5. The van der Waals surface area contributed by atoms with Gasteiger partial charge in [-0.15, -0.1) is 0 Å². The van der Waals surface area contributed by atoms with Crippen LogP contribution in [0, 0.1) is 11.8 Å². The van der Waals surface area contributed by atoms with Crippen LogP contribution in [0.15, 0.2) is 48.5 Å². The predicted octanol–water partition coefficient (Wildman–Crippen LogP) is 3.07. The predicted molar refractivity (Wildman–Crippen MR) is 132 cm³/mol. The van der Waals surface area contributed by atoms with Gasteiger partial charge in [-0.25, -0.2) is 4.79 Å². The Morgan fingerprint density at radius 1 is 1.03 bits per heavy atom. The fourth-order valence-corrected chi connectivity index (χ4v) is 5.30. The Kier molecular flexibility index (Phi) is 7.70. The Bertz CT molecular complexity index is 1040. The third-order valence-corrected chi connectivity index (χ3v) is 7.01. The molecule has 3 atom stereocenters. The number of likely N-dealkylation sites (N-methyl/N-ethyl adjacent to an activating group) is 1. The lowest BCUT2D eigenvalue weighted by Gasteiger charge is -2.23. The highest BCUT2D eigenvalue weighted by molar-refractivity contribution is 5.86. The zero-order valence-electron chi connectivity index (χ0n) is 20.2. The van der Waals surface area contributed by atoms with Crippen molar-refractivity contribution >= 4 is 18.0 Å². The van der Waals surface area contributed by atoms with Gasteiger partial charge >= 0.3 is 12.1 Å². The number of nitrogens with one attached hydrogen (secondary N) is 2. The number of carbonyl (C=O) groups is 3. The maximum atomic E-state index is 12.9. The second kappa shape index (κ2) is 10.9. The van der Waals surface area contributed by atoms with Crippen LogP contribution in [-0.2, 0) is 14.3 Å². The smallest absolute Gasteiger partial charge is 0.407 e. The fraction of sp³-hybridized carbons (Fsp3) is 0.444. The van der Waals surface area contributed by atoms with Crippen LogP contribution in [0.4, 0.5) is 4.79 Å². The van der Waals surface area contributed by atoms with Crippen LogP contribution in [-0.4, -0.2) is 67.8 Å². The van der Waals surface area contributed by atoms with Crippen molar-refractivity contribution in [1.29, 1.82) is 0 Å². The van der Waals surface area contributed by atoms with Gasteiger partial charge in [-0.3, -0.25) is 9.59 Å². The van der Waals surface area contributed by atoms with E-state index in [2.05, 4.69) is 34.9 Å². The minimum absolute atomic E-state index is 0.0652. The first-order valence-electron chi connectivity index (χ1n) is 12.1. The molecule has 0 unspecified atom stereocenters. The summed E-state index contributed by atoms with van der Waals surface area (Å²) in [6.45, 7) is 0.744. The summed E-state index contributed by atoms with van der Waals surface area (Å²) in [5.41, 5.74) is 4.53. The van der Waals surface area contributed by atoms with Crippen LogP contribution >= 0.6 is 0 Å². The Morgan fingerprint density at radius 3 is 2.26 bits per heavy atom. The van der Waals surface area contributed by atoms with Gasteiger partial charge in [-0.1, -0.05) is 55.0 Å². The molecular weight excluding hydrogens is 446 g/mol. The molecule has 0 heterocycles. The van der Waals surface area contributed by atoms with Crippen molar-refractivity contribution in [3.63, 3.8) is 0 Å². The Labute approximate surface area is 205 Å². The SMILES string of the molecule is CN(C)C[C@H](NC(=O)OCC1c2ccccc2-c2ccccc21)C(=O)NC[C@H]1CCC[C@H]1C(=O)O. The van der Waals surface area contributed by atoms with Crippen molar-refractivity contribution in [3.05, 3.63) is 59.7 Å². The lowest BCUT2D eigenvalue weighted by molar-refractivity contribution is -0.143. The molecule has 2 amide bonds. The van der Waals surface area contributed by atoms with Gasteiger partial charge in [0.15, 0.2) is 0 Å². The van der Waals surface area contributed by atoms with Crippen LogP contribution in [0.1, 0.15) is 36.3 Å². The van der Waals surface area contributed by atoms with E-state index in [1.807, 2.05) is 43.3 Å². The van der Waals surface area contributed by atoms with Crippen molar-refractivity contribution in [2.24, 2.45) is 11.8 Å². The summed E-state index contributed by atoms with van der Waals surface area (Å²) >= 11 is 0. The molecule has 0 bridgehead atoms. The van der Waals surface area contributed by atoms with Crippen molar-refractivity contribution in [2.75, 3.05) is 33.8 Å². The van der Waals surface area contributed by atoms with Gasteiger partial charge in [0.2, 0.25) is 5.91 Å². The van der Waals surface area contributed by atoms with E-state index in [0.717, 1.165) is 35.1 Å². The number of carboxylic acids is 1. The van der Waals surface area contributed by atoms with E-state index in [4.69, 9.17) is 4.74 Å². The lowest BCUT2D eigenvalue weighted by atomic mass is 9.96. The summed E-state index contributed by atoms with van der Waals surface area (Å²) in [6, 6.07) is 15.4. The average molecular weight is 480 g/mol. The third kappa shape index (κ3) is 5.65. The van der Waals surface area contributed by atoms with Gasteiger partial charge in [0, 0.05) is 19.0 Å². The maximum Gasteiger partial charge on any atom is 0.407 e. The molecule has 35 heavy (non-hydrogen) atoms. The van der Waals surface area contributed by atoms with E-state index in [1.54, 1.807) is 0 Å². The zero-order chi connectivity index (χ0) is 24.9. The minimum atomic E-state index is -0.816. The molecule has 0 aliphatic heterocycles. The molecule has 8 heteroatoms. The lowest BCUT2D eigenvalue weighted by Crippen LogP contribution is -2.52. The minimum Gasteiger partial charge on any atom is -0.481 e. The molecule has 2 aliphatic rings. The molecule has 0 aromatic heterocycles. The number of benzene rings is 2. The van der Waals surface area contributed by atoms with Crippen LogP contribution in [0.5, 0.6) is 0 Å². The Morgan fingerprint density at radius 2 is 1.66 bits per heavy atom. The third-order valence-electron chi connectivity index (χ3n) is 7.01. The number of nitrogens with zero attached hydrogens (tertiary/aromatic N) is 1. The molecule has 2 aromatic carbocycles. The van der Waals surface area contributed by atoms with Gasteiger partial charge in [-0.2, -0.15) is 0 Å². The van der Waals surface area contributed by atoms with Crippen LogP contribution in [0.2, 0.25) is 0 Å². The standard InChI is InChI=1S/C27H33N3O5/c1-30(2)15-24(25(31)28-14-17-8-7-13-18(17)26(32)33)29-27(34)35-16-23-21-11-5-3-9-19(21)20-10-4-6-12-22(20)23/h3-6,9-12,17-18,23-24H,7-8,13-16H2,1-2H3,(H,28,31)(H,29,34)(H,32,33)/t17-,18-,24+/m1/s1. The highest BCUT2D eigenvalue weighted by Crippen LogP contribution is 2.44. The summed E-state index contributed by atoms with van der Waals surface area (Å²) < 4.78 is 5.60. The molecule has 2 aliphatic carbocycles. The van der Waals surface area contributed by atoms with Gasteiger partial charge in [-0.05, 0) is 55.1 Å². The van der Waals surface area contributed by atoms with E-state index in [9.17, 15) is 19.5 Å². The van der Waals surface area contributed by atoms with Crippen molar-refractivity contribution in [2.45, 2.75) is 31.2 Å². The first-order chi connectivity index (χ1) is 16.8. The second-order valence-electron chi connectivity index (χ2n) is 9.67. The number of rotatable bonds is 9. The number of amides is 2. The van der Waals surface area contributed by atoms with Crippen LogP contribution < -0.4 is 10.6 Å². The number of carboxylic acid groups (broad SMARTS) is 1. The van der Waals surface area contributed by atoms with Crippen LogP contribution in [0.25, 0.3) is 11.1 Å². The number of aliphatic carboxylic acids is 1. The summed E-state index contributed by atoms with van der Waals surface area (Å²) in [7, 11) is 3.63. The second-order valence-corrected chi connectivity index (χ2v) is 9.67. The Balaban J connectivity index is 1.36. The van der Waals surface area contributed by atoms with Crippen molar-refractivity contribution in [1.82, 2.24) is 15.5 Å². The first kappa shape index (κ1) is 24.7. The number of fused-ring (bicyclic) bond motifs is 3. The normalized spacial score (nSPS) is 19.6. The highest BCUT2D eigenvalue weighted by atomic mass is 16.5. The molecule has 0 saturated heterocycles. The monoisotopic (exact) mass is 479 g/mol. The maximum absolute atomic E-state index is 12.9. The summed E-state index contributed by atoms with van der Waals surface area (Å²) in [5.74, 6) is -1.75. The number of alkyl carbamates (subject to hydrolysis) is 1. The van der Waals surface area contributed by atoms with E-state index < -0.39 is 24.0 Å². The van der Waals surface area contributed by atoms with Gasteiger partial charge in [0.1, 0.15) is 12.6 Å². The van der Waals surface area contributed by atoms with Gasteiger partial charge in [0.05, 0.1) is 5.92 Å². The fourth-order valence-electron chi connectivity index (χ4n) is 5.30. The summed E-state index contributed by atoms with van der Waals surface area (Å²) in [4.78, 5) is 38.8. The topological polar surface area (TPSA) is 108 Å². The molecule has 1 fully saturated rings. The quantitative estimate of drug-likeness (QED) is 0.510. The molecule has 0 spiro atoms. The average Bonchev–Trinajstić information content (AvgIpc) is 3.43. The van der Waals surface area contributed by atoms with Gasteiger partial charge in [0.25, 0.3) is 0 Å². The molecule has 8 nitrogen and oxygen atoms in total. The van der Waals surface area contributed by atoms with Crippen molar-refractivity contribution < 1.29 is 24.2 Å². The van der Waals surface area contributed by atoms with Crippen molar-refractivity contribution in [3.8, 4) is 11.1 Å². The van der Waals surface area contributed by atoms with Crippen LogP contribution in [0.3, 0.4) is 0 Å². The van der Waals surface area contributed by atoms with E-state index in [-0.39, 0.29) is 30.9 Å². The van der Waals surface area contributed by atoms with Gasteiger partial charge < -0.3 is 25.4 Å². The summed E-state index contributed by atoms with van der Waals surface area (Å²) in [6.07, 6.45) is 1.60. The summed E-state index contributed by atoms with van der Waals surface area (Å²) in [5, 5.41) is 14.9. The van der Waals surface area contributed by atoms with E-state index >= 15 is 0 Å². The van der Waals surface area contributed by atoms with E-state index in [0.29, 0.717) is 13.0 Å².